The predicted octanol–water partition coefficient (Wildman–Crippen LogP) is 4.08. The summed E-state index contributed by atoms with van der Waals surface area (Å²) in [4.78, 5) is 0. The first-order valence-electron chi connectivity index (χ1n) is 5.69. The topological polar surface area (TPSA) is 35.8 Å². The summed E-state index contributed by atoms with van der Waals surface area (Å²) in [6, 6.07) is 16.1. The second-order valence-corrected chi connectivity index (χ2v) is 5.20. The van der Waals surface area contributed by atoms with Gasteiger partial charge < -0.3 is 5.32 Å². The van der Waals surface area contributed by atoms with Gasteiger partial charge in [0.25, 0.3) is 0 Å². The van der Waals surface area contributed by atoms with Crippen molar-refractivity contribution in [2.24, 2.45) is 0 Å². The average Bonchev–Trinajstić information content (AvgIpc) is 2.41. The molecular formula is C15H13IN2. The van der Waals surface area contributed by atoms with E-state index in [0.717, 1.165) is 16.8 Å². The second kappa shape index (κ2) is 5.87. The molecule has 2 aromatic rings. The Morgan fingerprint density at radius 1 is 1.17 bits per heavy atom. The molecule has 0 aliphatic carbocycles. The Balaban J connectivity index is 2.17. The van der Waals surface area contributed by atoms with E-state index in [9.17, 15) is 0 Å². The third-order valence-electron chi connectivity index (χ3n) is 2.87. The van der Waals surface area contributed by atoms with Crippen molar-refractivity contribution in [1.82, 2.24) is 0 Å². The monoisotopic (exact) mass is 348 g/mol. The van der Waals surface area contributed by atoms with Crippen LogP contribution < -0.4 is 5.32 Å². The van der Waals surface area contributed by atoms with E-state index in [0.29, 0.717) is 6.54 Å². The predicted molar refractivity (Wildman–Crippen MR) is 82.4 cm³/mol. The molecule has 0 aliphatic heterocycles. The quantitative estimate of drug-likeness (QED) is 0.849. The van der Waals surface area contributed by atoms with Gasteiger partial charge in [-0.3, -0.25) is 0 Å². The molecule has 0 bridgehead atoms. The molecule has 1 N–H and O–H groups in total. The molecule has 0 atom stereocenters. The fourth-order valence-electron chi connectivity index (χ4n) is 1.77. The van der Waals surface area contributed by atoms with E-state index in [-0.39, 0.29) is 0 Å². The van der Waals surface area contributed by atoms with Crippen LogP contribution in [0.3, 0.4) is 0 Å². The summed E-state index contributed by atoms with van der Waals surface area (Å²) in [5.74, 6) is 0. The first-order valence-corrected chi connectivity index (χ1v) is 6.77. The molecule has 90 valence electrons. The summed E-state index contributed by atoms with van der Waals surface area (Å²) in [5, 5.41) is 12.4. The largest absolute Gasteiger partial charge is 0.381 e. The van der Waals surface area contributed by atoms with E-state index in [1.54, 1.807) is 0 Å². The number of nitriles is 1. The number of benzene rings is 2. The molecule has 2 aromatic carbocycles. The van der Waals surface area contributed by atoms with Crippen molar-refractivity contribution in [1.29, 1.82) is 5.26 Å². The van der Waals surface area contributed by atoms with Gasteiger partial charge >= 0.3 is 0 Å². The van der Waals surface area contributed by atoms with E-state index in [4.69, 9.17) is 5.26 Å². The van der Waals surface area contributed by atoms with E-state index < -0.39 is 0 Å². The van der Waals surface area contributed by atoms with Gasteiger partial charge in [0.1, 0.15) is 0 Å². The number of anilines is 1. The molecule has 2 rings (SSSR count). The molecular weight excluding hydrogens is 335 g/mol. The third kappa shape index (κ3) is 2.82. The maximum atomic E-state index is 9.04. The van der Waals surface area contributed by atoms with Gasteiger partial charge in [-0.1, -0.05) is 24.3 Å². The molecule has 0 spiro atoms. The van der Waals surface area contributed by atoms with E-state index in [2.05, 4.69) is 53.0 Å². The Labute approximate surface area is 121 Å². The van der Waals surface area contributed by atoms with Gasteiger partial charge in [-0.2, -0.15) is 5.26 Å². The summed E-state index contributed by atoms with van der Waals surface area (Å²) >= 11 is 2.33. The van der Waals surface area contributed by atoms with Crippen LogP contribution in [0.25, 0.3) is 0 Å². The van der Waals surface area contributed by atoms with Gasteiger partial charge in [0.15, 0.2) is 0 Å². The lowest BCUT2D eigenvalue weighted by atomic mass is 10.1. The van der Waals surface area contributed by atoms with E-state index >= 15 is 0 Å². The van der Waals surface area contributed by atoms with Crippen molar-refractivity contribution >= 4 is 28.3 Å². The summed E-state index contributed by atoms with van der Waals surface area (Å²) < 4.78 is 1.24. The summed E-state index contributed by atoms with van der Waals surface area (Å²) in [6.45, 7) is 2.77. The van der Waals surface area contributed by atoms with Gasteiger partial charge in [0.05, 0.1) is 11.6 Å². The Morgan fingerprint density at radius 3 is 2.72 bits per heavy atom. The molecule has 0 radical (unpaired) electrons. The minimum Gasteiger partial charge on any atom is -0.381 e. The van der Waals surface area contributed by atoms with Gasteiger partial charge in [-0.25, -0.2) is 0 Å². The van der Waals surface area contributed by atoms with Crippen molar-refractivity contribution in [2.75, 3.05) is 5.32 Å². The smallest absolute Gasteiger partial charge is 0.0995 e. The van der Waals surface area contributed by atoms with Gasteiger partial charge in [0.2, 0.25) is 0 Å². The van der Waals surface area contributed by atoms with E-state index in [1.165, 1.54) is 9.13 Å². The molecule has 2 nitrogen and oxygen atoms in total. The molecule has 3 heteroatoms. The van der Waals surface area contributed by atoms with Crippen molar-refractivity contribution in [3.63, 3.8) is 0 Å². The van der Waals surface area contributed by atoms with Crippen molar-refractivity contribution < 1.29 is 0 Å². The molecule has 0 amide bonds. The van der Waals surface area contributed by atoms with Crippen molar-refractivity contribution in [3.05, 3.63) is 62.7 Å². The summed E-state index contributed by atoms with van der Waals surface area (Å²) in [6.07, 6.45) is 0. The van der Waals surface area contributed by atoms with Gasteiger partial charge in [-0.15, -0.1) is 0 Å². The molecule has 0 unspecified atom stereocenters. The van der Waals surface area contributed by atoms with Crippen LogP contribution in [0.15, 0.2) is 42.5 Å². The lowest BCUT2D eigenvalue weighted by Crippen LogP contribution is -2.03. The summed E-state index contributed by atoms with van der Waals surface area (Å²) in [5.41, 5.74) is 4.12. The minimum absolute atomic E-state index is 0.671. The standard InChI is InChI=1S/C15H13IN2/c1-11-14(16)7-4-8-15(11)18-10-13-6-3-2-5-12(13)9-17/h2-8,18H,10H2,1H3. The number of halogens is 1. The SMILES string of the molecule is Cc1c(I)cccc1NCc1ccccc1C#N. The maximum absolute atomic E-state index is 9.04. The molecule has 18 heavy (non-hydrogen) atoms. The molecule has 0 aromatic heterocycles. The highest BCUT2D eigenvalue weighted by Crippen LogP contribution is 2.21. The molecule has 0 saturated heterocycles. The van der Waals surface area contributed by atoms with E-state index in [1.807, 2.05) is 30.3 Å². The van der Waals surface area contributed by atoms with Crippen LogP contribution in [0.1, 0.15) is 16.7 Å². The Kier molecular flexibility index (Phi) is 4.21. The van der Waals surface area contributed by atoms with Crippen LogP contribution in [-0.2, 0) is 6.54 Å². The normalized spacial score (nSPS) is 9.83. The first kappa shape index (κ1) is 12.9. The zero-order valence-corrected chi connectivity index (χ0v) is 12.2. The number of hydrogen-bond acceptors (Lipinski definition) is 2. The van der Waals surface area contributed by atoms with Crippen molar-refractivity contribution in [3.8, 4) is 6.07 Å². The van der Waals surface area contributed by atoms with Crippen LogP contribution in [0, 0.1) is 21.8 Å². The fraction of sp³-hybridized carbons (Fsp3) is 0.133. The zero-order valence-electron chi connectivity index (χ0n) is 10.1. The maximum Gasteiger partial charge on any atom is 0.0995 e. The lowest BCUT2D eigenvalue weighted by molar-refractivity contribution is 1.13. The number of hydrogen-bond donors (Lipinski definition) is 1. The lowest BCUT2D eigenvalue weighted by Gasteiger charge is -2.11. The van der Waals surface area contributed by atoms with Gasteiger partial charge in [0, 0.05) is 15.8 Å². The average molecular weight is 348 g/mol. The number of nitrogens with one attached hydrogen (secondary N) is 1. The van der Waals surface area contributed by atoms with Crippen LogP contribution in [0.4, 0.5) is 5.69 Å². The second-order valence-electron chi connectivity index (χ2n) is 4.03. The fourth-order valence-corrected chi connectivity index (χ4v) is 2.27. The van der Waals surface area contributed by atoms with Crippen LogP contribution in [0.2, 0.25) is 0 Å². The first-order chi connectivity index (χ1) is 8.72. The van der Waals surface area contributed by atoms with Crippen LogP contribution >= 0.6 is 22.6 Å². The molecule has 0 heterocycles. The van der Waals surface area contributed by atoms with Gasteiger partial charge in [-0.05, 0) is 58.8 Å². The Hall–Kier alpha value is -1.54. The van der Waals surface area contributed by atoms with Crippen LogP contribution in [0.5, 0.6) is 0 Å². The highest BCUT2D eigenvalue weighted by atomic mass is 127. The number of nitrogens with zero attached hydrogens (tertiary/aromatic N) is 1. The number of rotatable bonds is 3. The highest BCUT2D eigenvalue weighted by Gasteiger charge is 2.03. The Morgan fingerprint density at radius 2 is 1.94 bits per heavy atom. The van der Waals surface area contributed by atoms with Crippen molar-refractivity contribution in [2.45, 2.75) is 13.5 Å². The zero-order chi connectivity index (χ0) is 13.0. The molecule has 0 aliphatic rings. The summed E-state index contributed by atoms with van der Waals surface area (Å²) in [7, 11) is 0. The third-order valence-corrected chi connectivity index (χ3v) is 4.04. The minimum atomic E-state index is 0.671. The Bertz CT molecular complexity index is 600. The highest BCUT2D eigenvalue weighted by molar-refractivity contribution is 14.1. The molecule has 0 fully saturated rings. The molecule has 0 saturated carbocycles. The van der Waals surface area contributed by atoms with Crippen LogP contribution in [-0.4, -0.2) is 0 Å².